The first-order valence-electron chi connectivity index (χ1n) is 11.6. The molecule has 3 rings (SSSR count). The number of halogens is 2. The average molecular weight is 507 g/mol. The molecular weight excluding hydrogens is 475 g/mol. The largest absolute Gasteiger partial charge is 0.480 e. The van der Waals surface area contributed by atoms with Crippen LogP contribution in [0, 0.1) is 5.92 Å². The van der Waals surface area contributed by atoms with Gasteiger partial charge in [-0.15, -0.1) is 0 Å². The van der Waals surface area contributed by atoms with Gasteiger partial charge in [0.05, 0.1) is 22.5 Å². The summed E-state index contributed by atoms with van der Waals surface area (Å²) in [5, 5.41) is 9.58. The minimum absolute atomic E-state index is 0.0265. The molecule has 2 aromatic rings. The summed E-state index contributed by atoms with van der Waals surface area (Å²) >= 11 is 12.1. The van der Waals surface area contributed by atoms with Crippen LogP contribution in [0.2, 0.25) is 10.0 Å². The number of carbonyl (C=O) groups is 2. The Bertz CT molecular complexity index is 957. The summed E-state index contributed by atoms with van der Waals surface area (Å²) < 4.78 is 5.15. The highest BCUT2D eigenvalue weighted by molar-refractivity contribution is 6.42. The van der Waals surface area contributed by atoms with Gasteiger partial charge in [-0.1, -0.05) is 59.6 Å². The van der Waals surface area contributed by atoms with Crippen molar-refractivity contribution in [2.24, 2.45) is 5.92 Å². The molecule has 2 atom stereocenters. The second kappa shape index (κ2) is 13.1. The maximum absolute atomic E-state index is 13.2. The maximum atomic E-state index is 13.2. The minimum atomic E-state index is -0.933. The van der Waals surface area contributed by atoms with Crippen LogP contribution in [0.5, 0.6) is 0 Å². The quantitative estimate of drug-likeness (QED) is 0.413. The van der Waals surface area contributed by atoms with E-state index in [1.165, 1.54) is 0 Å². The molecule has 0 aliphatic carbocycles. The summed E-state index contributed by atoms with van der Waals surface area (Å²) in [6.07, 6.45) is 3.23. The first-order chi connectivity index (χ1) is 16.3. The SMILES string of the molecule is CN(C(=O)Cc1ccc(Cl)c(Cl)c1)[C@H](CN1CC[C@H](CCCOCC(=O)O)C1)c1ccccc1. The van der Waals surface area contributed by atoms with E-state index in [0.717, 1.165) is 50.0 Å². The van der Waals surface area contributed by atoms with Crippen LogP contribution in [0.3, 0.4) is 0 Å². The van der Waals surface area contributed by atoms with Crippen LogP contribution in [0.15, 0.2) is 48.5 Å². The fraction of sp³-hybridized carbons (Fsp3) is 0.462. The summed E-state index contributed by atoms with van der Waals surface area (Å²) in [4.78, 5) is 28.0. The topological polar surface area (TPSA) is 70.1 Å². The fourth-order valence-electron chi connectivity index (χ4n) is 4.44. The predicted molar refractivity (Wildman–Crippen MR) is 134 cm³/mol. The van der Waals surface area contributed by atoms with E-state index in [0.29, 0.717) is 22.6 Å². The molecular formula is C26H32Cl2N2O4. The Hall–Kier alpha value is -2.12. The first kappa shape index (κ1) is 26.5. The lowest BCUT2D eigenvalue weighted by molar-refractivity contribution is -0.142. The van der Waals surface area contributed by atoms with Crippen LogP contribution < -0.4 is 0 Å². The molecule has 0 radical (unpaired) electrons. The second-order valence-corrected chi connectivity index (χ2v) is 9.67. The Morgan fingerprint density at radius 2 is 1.94 bits per heavy atom. The zero-order valence-corrected chi connectivity index (χ0v) is 21.0. The Morgan fingerprint density at radius 1 is 1.18 bits per heavy atom. The van der Waals surface area contributed by atoms with Crippen LogP contribution in [0.25, 0.3) is 0 Å². The fourth-order valence-corrected chi connectivity index (χ4v) is 4.76. The molecule has 1 fully saturated rings. The number of rotatable bonds is 12. The van der Waals surface area contributed by atoms with Gasteiger partial charge in [-0.05, 0) is 55.0 Å². The number of carbonyl (C=O) groups excluding carboxylic acids is 1. The number of hydrogen-bond acceptors (Lipinski definition) is 4. The Morgan fingerprint density at radius 3 is 2.65 bits per heavy atom. The highest BCUT2D eigenvalue weighted by Crippen LogP contribution is 2.28. The van der Waals surface area contributed by atoms with E-state index in [2.05, 4.69) is 17.0 Å². The number of nitrogens with zero attached hydrogens (tertiary/aromatic N) is 2. The van der Waals surface area contributed by atoms with Gasteiger partial charge < -0.3 is 19.6 Å². The summed E-state index contributed by atoms with van der Waals surface area (Å²) in [5.41, 5.74) is 1.95. The van der Waals surface area contributed by atoms with Crippen LogP contribution >= 0.6 is 23.2 Å². The summed E-state index contributed by atoms with van der Waals surface area (Å²) in [6, 6.07) is 15.4. The zero-order chi connectivity index (χ0) is 24.5. The molecule has 184 valence electrons. The summed E-state index contributed by atoms with van der Waals surface area (Å²) in [6.45, 7) is 2.95. The van der Waals surface area contributed by atoms with Crippen molar-refractivity contribution in [3.05, 3.63) is 69.7 Å². The van der Waals surface area contributed by atoms with Crippen molar-refractivity contribution >= 4 is 35.1 Å². The van der Waals surface area contributed by atoms with E-state index in [1.807, 2.05) is 36.2 Å². The molecule has 1 aliphatic rings. The Labute approximate surface area is 211 Å². The Balaban J connectivity index is 1.59. The molecule has 2 aromatic carbocycles. The third-order valence-corrected chi connectivity index (χ3v) is 7.05. The van der Waals surface area contributed by atoms with E-state index in [1.54, 1.807) is 12.1 Å². The molecule has 0 aromatic heterocycles. The van der Waals surface area contributed by atoms with E-state index < -0.39 is 5.97 Å². The lowest BCUT2D eigenvalue weighted by atomic mass is 10.0. The van der Waals surface area contributed by atoms with E-state index in [9.17, 15) is 9.59 Å². The Kier molecular flexibility index (Phi) is 10.2. The number of amides is 1. The molecule has 0 bridgehead atoms. The van der Waals surface area contributed by atoms with Crippen molar-refractivity contribution in [2.45, 2.75) is 31.7 Å². The lowest BCUT2D eigenvalue weighted by Crippen LogP contribution is -2.39. The van der Waals surface area contributed by atoms with Gasteiger partial charge in [-0.3, -0.25) is 4.79 Å². The monoisotopic (exact) mass is 506 g/mol. The van der Waals surface area contributed by atoms with E-state index in [-0.39, 0.29) is 25.0 Å². The molecule has 1 saturated heterocycles. The van der Waals surface area contributed by atoms with Crippen molar-refractivity contribution in [2.75, 3.05) is 39.9 Å². The molecule has 0 spiro atoms. The van der Waals surface area contributed by atoms with Gasteiger partial charge >= 0.3 is 5.97 Å². The number of benzene rings is 2. The molecule has 1 N–H and O–H groups in total. The van der Waals surface area contributed by atoms with Gasteiger partial charge in [0.1, 0.15) is 6.61 Å². The van der Waals surface area contributed by atoms with Crippen LogP contribution in [-0.4, -0.2) is 66.7 Å². The smallest absolute Gasteiger partial charge is 0.329 e. The number of likely N-dealkylation sites (tertiary alicyclic amines) is 1. The number of carboxylic acids is 1. The van der Waals surface area contributed by atoms with Gasteiger partial charge in [0.15, 0.2) is 0 Å². The van der Waals surface area contributed by atoms with E-state index >= 15 is 0 Å². The number of ether oxygens (including phenoxy) is 1. The predicted octanol–water partition coefficient (Wildman–Crippen LogP) is 4.94. The summed E-state index contributed by atoms with van der Waals surface area (Å²) in [7, 11) is 1.87. The maximum Gasteiger partial charge on any atom is 0.329 e. The lowest BCUT2D eigenvalue weighted by Gasteiger charge is -2.32. The van der Waals surface area contributed by atoms with Crippen LogP contribution in [-0.2, 0) is 20.7 Å². The highest BCUT2D eigenvalue weighted by Gasteiger charge is 2.28. The standard InChI is InChI=1S/C26H32Cl2N2O4/c1-29(25(31)15-20-9-10-22(27)23(28)14-20)24(21-7-3-2-4-8-21)17-30-12-11-19(16-30)6-5-13-34-18-26(32)33/h2-4,7-10,14,19,24H,5-6,11-13,15-18H2,1H3,(H,32,33)/t19-,24+/m0/s1. The second-order valence-electron chi connectivity index (χ2n) is 8.86. The van der Waals surface area contributed by atoms with Crippen molar-refractivity contribution in [1.29, 1.82) is 0 Å². The molecule has 1 heterocycles. The third kappa shape index (κ3) is 7.98. The number of aliphatic carboxylic acids is 1. The number of likely N-dealkylation sites (N-methyl/N-ethyl adjacent to an activating group) is 1. The van der Waals surface area contributed by atoms with Gasteiger partial charge in [-0.2, -0.15) is 0 Å². The molecule has 1 amide bonds. The average Bonchev–Trinajstić information content (AvgIpc) is 3.27. The van der Waals surface area contributed by atoms with Gasteiger partial charge in [0.25, 0.3) is 0 Å². The molecule has 8 heteroatoms. The van der Waals surface area contributed by atoms with Crippen LogP contribution in [0.4, 0.5) is 0 Å². The van der Waals surface area contributed by atoms with Crippen molar-refractivity contribution in [1.82, 2.24) is 9.80 Å². The van der Waals surface area contributed by atoms with Crippen LogP contribution in [0.1, 0.15) is 36.4 Å². The zero-order valence-electron chi connectivity index (χ0n) is 19.5. The van der Waals surface area contributed by atoms with Crippen molar-refractivity contribution < 1.29 is 19.4 Å². The van der Waals surface area contributed by atoms with Gasteiger partial charge in [0, 0.05) is 26.7 Å². The first-order valence-corrected chi connectivity index (χ1v) is 12.4. The number of hydrogen-bond donors (Lipinski definition) is 1. The normalized spacial score (nSPS) is 17.0. The van der Waals surface area contributed by atoms with Crippen molar-refractivity contribution in [3.63, 3.8) is 0 Å². The van der Waals surface area contributed by atoms with Gasteiger partial charge in [0.2, 0.25) is 5.91 Å². The highest BCUT2D eigenvalue weighted by atomic mass is 35.5. The summed E-state index contributed by atoms with van der Waals surface area (Å²) in [5.74, 6) is -0.350. The molecule has 0 saturated carbocycles. The molecule has 6 nitrogen and oxygen atoms in total. The molecule has 34 heavy (non-hydrogen) atoms. The molecule has 0 unspecified atom stereocenters. The van der Waals surface area contributed by atoms with Crippen molar-refractivity contribution in [3.8, 4) is 0 Å². The van der Waals surface area contributed by atoms with E-state index in [4.69, 9.17) is 33.0 Å². The molecule has 1 aliphatic heterocycles. The number of carboxylic acid groups (broad SMARTS) is 1. The van der Waals surface area contributed by atoms with Gasteiger partial charge in [-0.25, -0.2) is 4.79 Å². The minimum Gasteiger partial charge on any atom is -0.480 e. The third-order valence-electron chi connectivity index (χ3n) is 6.31.